The molecule has 5 aromatic heterocycles. The molecule has 0 aliphatic heterocycles. The summed E-state index contributed by atoms with van der Waals surface area (Å²) in [5, 5.41) is 9.51. The molecule has 15 rings (SSSR count). The molecule has 0 saturated carbocycles. The highest BCUT2D eigenvalue weighted by Gasteiger charge is 2.21. The Bertz CT molecular complexity index is 4600. The van der Waals surface area contributed by atoms with Gasteiger partial charge >= 0.3 is 0 Å². The molecule has 0 N–H and O–H groups in total. The first kappa shape index (κ1) is 40.9. The molecular weight excluding hydrogens is 889 g/mol. The van der Waals surface area contributed by atoms with Crippen molar-refractivity contribution in [2.24, 2.45) is 0 Å². The first-order valence-corrected chi connectivity index (χ1v) is 24.8. The zero-order valence-electron chi connectivity index (χ0n) is 39.4. The van der Waals surface area contributed by atoms with Crippen molar-refractivity contribution in [3.8, 4) is 62.1 Å². The van der Waals surface area contributed by atoms with Crippen LogP contribution >= 0.6 is 0 Å². The lowest BCUT2D eigenvalue weighted by Gasteiger charge is -2.14. The normalized spacial score (nSPS) is 11.8. The molecule has 0 bridgehead atoms. The van der Waals surface area contributed by atoms with Crippen molar-refractivity contribution in [3.05, 3.63) is 255 Å². The molecule has 15 aromatic rings. The zero-order valence-corrected chi connectivity index (χ0v) is 39.4. The first-order valence-electron chi connectivity index (χ1n) is 24.8. The monoisotopic (exact) mass is 930 g/mol. The highest BCUT2D eigenvalue weighted by Crippen LogP contribution is 2.42. The maximum absolute atomic E-state index is 5.27. The molecule has 0 saturated heterocycles. The van der Waals surface area contributed by atoms with Gasteiger partial charge in [-0.15, -0.1) is 0 Å². The highest BCUT2D eigenvalue weighted by molar-refractivity contribution is 6.15. The van der Waals surface area contributed by atoms with Gasteiger partial charge in [0.15, 0.2) is 0 Å². The topological polar surface area (TPSA) is 53.5 Å². The Hall–Kier alpha value is -9.91. The van der Waals surface area contributed by atoms with Crippen LogP contribution in [-0.4, -0.2) is 28.7 Å². The van der Waals surface area contributed by atoms with E-state index in [2.05, 4.69) is 249 Å². The fourth-order valence-electron chi connectivity index (χ4n) is 11.5. The van der Waals surface area contributed by atoms with Crippen LogP contribution in [0.25, 0.3) is 138 Å². The first-order chi connectivity index (χ1) is 36.2. The van der Waals surface area contributed by atoms with Gasteiger partial charge < -0.3 is 9.13 Å². The fraction of sp³-hybridized carbons (Fsp3) is 0. The summed E-state index contributed by atoms with van der Waals surface area (Å²) in [7, 11) is 0. The molecule has 0 aliphatic rings. The molecule has 340 valence electrons. The van der Waals surface area contributed by atoms with Crippen LogP contribution in [-0.2, 0) is 0 Å². The van der Waals surface area contributed by atoms with Gasteiger partial charge in [0.25, 0.3) is 0 Å². The standard InChI is InChI=1S/C67H42N6/c1-4-16-43(17-5-1)59-41-60(44-18-6-2-7-19-44)70-67(69-59)73-62-29-13-11-23-54(62)57-38-45(31-34-64(57)73)49-24-14-27-52-50(25-15-26-51(49)52)46-30-33-55-53-22-10-12-28-61(53)72(65(55)39-46)48-32-35-63-58(40-48)56-36-37-68-42-66(56)71(63)47-20-8-3-9-21-47/h1-42H. The van der Waals surface area contributed by atoms with Crippen LogP contribution < -0.4 is 0 Å². The average Bonchev–Trinajstić information content (AvgIpc) is 4.10. The number of nitrogens with zero attached hydrogens (tertiary/aromatic N) is 6. The molecule has 6 heteroatoms. The number of fused-ring (bicyclic) bond motifs is 10. The third kappa shape index (κ3) is 6.47. The average molecular weight is 931 g/mol. The molecule has 73 heavy (non-hydrogen) atoms. The predicted octanol–water partition coefficient (Wildman–Crippen LogP) is 17.0. The molecule has 10 aromatic carbocycles. The number of hydrogen-bond acceptors (Lipinski definition) is 3. The summed E-state index contributed by atoms with van der Waals surface area (Å²) < 4.78 is 6.98. The van der Waals surface area contributed by atoms with Gasteiger partial charge in [0.1, 0.15) is 0 Å². The summed E-state index contributed by atoms with van der Waals surface area (Å²) in [4.78, 5) is 15.1. The van der Waals surface area contributed by atoms with E-state index in [0.29, 0.717) is 5.95 Å². The summed E-state index contributed by atoms with van der Waals surface area (Å²) in [6.07, 6.45) is 3.87. The van der Waals surface area contributed by atoms with Crippen LogP contribution in [0, 0.1) is 0 Å². The van der Waals surface area contributed by atoms with Crippen molar-refractivity contribution in [3.63, 3.8) is 0 Å². The fourth-order valence-corrected chi connectivity index (χ4v) is 11.5. The Kier molecular flexibility index (Phi) is 9.16. The van der Waals surface area contributed by atoms with Crippen molar-refractivity contribution < 1.29 is 0 Å². The van der Waals surface area contributed by atoms with E-state index in [9.17, 15) is 0 Å². The largest absolute Gasteiger partial charge is 0.309 e. The van der Waals surface area contributed by atoms with Crippen LogP contribution in [0.3, 0.4) is 0 Å². The third-order valence-electron chi connectivity index (χ3n) is 14.8. The molecule has 0 fully saturated rings. The van der Waals surface area contributed by atoms with E-state index in [-0.39, 0.29) is 0 Å². The second-order valence-electron chi connectivity index (χ2n) is 18.8. The second-order valence-corrected chi connectivity index (χ2v) is 18.8. The third-order valence-corrected chi connectivity index (χ3v) is 14.8. The quantitative estimate of drug-likeness (QED) is 0.160. The number of pyridine rings is 1. The van der Waals surface area contributed by atoms with Crippen molar-refractivity contribution in [2.45, 2.75) is 0 Å². The lowest BCUT2D eigenvalue weighted by molar-refractivity contribution is 0.995. The van der Waals surface area contributed by atoms with E-state index in [1.54, 1.807) is 0 Å². The molecule has 0 spiro atoms. The van der Waals surface area contributed by atoms with Gasteiger partial charge in [0, 0.05) is 61.0 Å². The predicted molar refractivity (Wildman–Crippen MR) is 302 cm³/mol. The van der Waals surface area contributed by atoms with Crippen molar-refractivity contribution in [1.82, 2.24) is 28.7 Å². The highest BCUT2D eigenvalue weighted by atomic mass is 15.2. The molecule has 0 radical (unpaired) electrons. The van der Waals surface area contributed by atoms with E-state index >= 15 is 0 Å². The second kappa shape index (κ2) is 16.3. The Morgan fingerprint density at radius 3 is 1.45 bits per heavy atom. The molecule has 6 nitrogen and oxygen atoms in total. The van der Waals surface area contributed by atoms with Gasteiger partial charge in [-0.3, -0.25) is 9.55 Å². The molecule has 0 amide bonds. The van der Waals surface area contributed by atoms with Gasteiger partial charge in [-0.05, 0) is 106 Å². The van der Waals surface area contributed by atoms with Crippen molar-refractivity contribution in [2.75, 3.05) is 0 Å². The van der Waals surface area contributed by atoms with Gasteiger partial charge in [-0.1, -0.05) is 170 Å². The van der Waals surface area contributed by atoms with E-state index in [0.717, 1.165) is 77.8 Å². The smallest absolute Gasteiger partial charge is 0.235 e. The minimum atomic E-state index is 0.638. The SMILES string of the molecule is c1ccc(-c2cc(-c3ccccc3)nc(-n3c4ccccc4c4cc(-c5cccc6c(-c7ccc8c9ccccc9n(-c9ccc%10c(c9)c9ccncc9n%10-c9ccccc9)c8c7)cccc56)ccc43)n2)cc1. The number of rotatable bonds is 7. The van der Waals surface area contributed by atoms with Gasteiger partial charge in [0.05, 0.1) is 50.7 Å². The summed E-state index contributed by atoms with van der Waals surface area (Å²) in [5.74, 6) is 0.638. The summed E-state index contributed by atoms with van der Waals surface area (Å²) in [6, 6.07) is 87.1. The maximum Gasteiger partial charge on any atom is 0.235 e. The zero-order chi connectivity index (χ0) is 48.0. The summed E-state index contributed by atoms with van der Waals surface area (Å²) in [5.41, 5.74) is 17.4. The minimum Gasteiger partial charge on any atom is -0.309 e. The van der Waals surface area contributed by atoms with E-state index in [1.165, 1.54) is 54.5 Å². The Balaban J connectivity index is 0.873. The Morgan fingerprint density at radius 2 is 0.753 bits per heavy atom. The maximum atomic E-state index is 5.27. The number of aromatic nitrogens is 6. The summed E-state index contributed by atoms with van der Waals surface area (Å²) in [6.45, 7) is 0. The Morgan fingerprint density at radius 1 is 0.260 bits per heavy atom. The summed E-state index contributed by atoms with van der Waals surface area (Å²) >= 11 is 0. The van der Waals surface area contributed by atoms with Crippen LogP contribution in [0.4, 0.5) is 0 Å². The van der Waals surface area contributed by atoms with E-state index in [4.69, 9.17) is 9.97 Å². The number of para-hydroxylation sites is 3. The van der Waals surface area contributed by atoms with E-state index in [1.807, 2.05) is 24.5 Å². The van der Waals surface area contributed by atoms with E-state index < -0.39 is 0 Å². The molecule has 0 atom stereocenters. The lowest BCUT2D eigenvalue weighted by Crippen LogP contribution is -2.03. The molecule has 0 aliphatic carbocycles. The van der Waals surface area contributed by atoms with Gasteiger partial charge in [-0.2, -0.15) is 0 Å². The molecule has 5 heterocycles. The number of benzene rings is 10. The van der Waals surface area contributed by atoms with Crippen LogP contribution in [0.15, 0.2) is 255 Å². The lowest BCUT2D eigenvalue weighted by atomic mass is 9.92. The van der Waals surface area contributed by atoms with Crippen LogP contribution in [0.1, 0.15) is 0 Å². The van der Waals surface area contributed by atoms with Crippen molar-refractivity contribution in [1.29, 1.82) is 0 Å². The molecular formula is C67H42N6. The minimum absolute atomic E-state index is 0.638. The molecule has 0 unspecified atom stereocenters. The number of hydrogen-bond donors (Lipinski definition) is 0. The van der Waals surface area contributed by atoms with Gasteiger partial charge in [-0.25, -0.2) is 9.97 Å². The van der Waals surface area contributed by atoms with Gasteiger partial charge in [0.2, 0.25) is 5.95 Å². The van der Waals surface area contributed by atoms with Crippen LogP contribution in [0.2, 0.25) is 0 Å². The Labute approximate surface area is 420 Å². The van der Waals surface area contributed by atoms with Crippen LogP contribution in [0.5, 0.6) is 0 Å². The van der Waals surface area contributed by atoms with Crippen molar-refractivity contribution >= 4 is 76.2 Å².